The van der Waals surface area contributed by atoms with Crippen LogP contribution in [0.5, 0.6) is 5.75 Å². The van der Waals surface area contributed by atoms with Crippen molar-refractivity contribution in [2.75, 3.05) is 27.4 Å². The van der Waals surface area contributed by atoms with E-state index in [2.05, 4.69) is 21.4 Å². The van der Waals surface area contributed by atoms with Gasteiger partial charge in [0, 0.05) is 50.6 Å². The minimum Gasteiger partial charge on any atom is -0.496 e. The predicted molar refractivity (Wildman–Crippen MR) is 128 cm³/mol. The first-order chi connectivity index (χ1) is 16.1. The van der Waals surface area contributed by atoms with E-state index in [9.17, 15) is 0 Å². The van der Waals surface area contributed by atoms with Gasteiger partial charge >= 0.3 is 0 Å². The highest BCUT2D eigenvalue weighted by molar-refractivity contribution is 5.92. The molecule has 0 aliphatic heterocycles. The topological polar surface area (TPSA) is 112 Å². The van der Waals surface area contributed by atoms with Crippen LogP contribution in [0.3, 0.4) is 0 Å². The van der Waals surface area contributed by atoms with Gasteiger partial charge in [0.15, 0.2) is 0 Å². The molecule has 1 aliphatic rings. The van der Waals surface area contributed by atoms with Crippen molar-refractivity contribution in [2.45, 2.75) is 19.3 Å². The molecular formula is C24H29N7O2. The number of rotatable bonds is 9. The molecule has 3 aromatic rings. The molecule has 9 heteroatoms. The SMILES string of the molecule is COCCN/C=C\C(N)=N/c1ncc2c(n1)-c1c(nn(C)c1Cc1ccccc1OC)CC2. The smallest absolute Gasteiger partial charge is 0.251 e. The molecule has 0 unspecified atom stereocenters. The zero-order chi connectivity index (χ0) is 23.2. The third kappa shape index (κ3) is 5.04. The summed E-state index contributed by atoms with van der Waals surface area (Å²) >= 11 is 0. The number of nitrogens with one attached hydrogen (secondary N) is 1. The lowest BCUT2D eigenvalue weighted by atomic mass is 9.91. The van der Waals surface area contributed by atoms with Crippen LogP contribution < -0.4 is 15.8 Å². The molecule has 1 aromatic carbocycles. The van der Waals surface area contributed by atoms with Gasteiger partial charge in [0.05, 0.1) is 30.8 Å². The van der Waals surface area contributed by atoms with E-state index >= 15 is 0 Å². The first-order valence-corrected chi connectivity index (χ1v) is 10.9. The fraction of sp³-hybridized carbons (Fsp3) is 0.333. The van der Waals surface area contributed by atoms with Crippen molar-refractivity contribution >= 4 is 11.8 Å². The van der Waals surface area contributed by atoms with Gasteiger partial charge in [-0.2, -0.15) is 10.1 Å². The Morgan fingerprint density at radius 2 is 2.12 bits per heavy atom. The summed E-state index contributed by atoms with van der Waals surface area (Å²) in [4.78, 5) is 13.6. The highest BCUT2D eigenvalue weighted by Crippen LogP contribution is 2.36. The molecule has 4 rings (SSSR count). The van der Waals surface area contributed by atoms with Crippen molar-refractivity contribution in [3.05, 3.63) is 65.3 Å². The third-order valence-electron chi connectivity index (χ3n) is 5.56. The van der Waals surface area contributed by atoms with Gasteiger partial charge < -0.3 is 20.5 Å². The number of hydrogen-bond donors (Lipinski definition) is 2. The van der Waals surface area contributed by atoms with Crippen LogP contribution in [0, 0.1) is 0 Å². The number of ether oxygens (including phenoxy) is 2. The number of fused-ring (bicyclic) bond motifs is 3. The second kappa shape index (κ2) is 10.3. The number of aliphatic imine (C=N–C) groups is 1. The Morgan fingerprint density at radius 3 is 2.94 bits per heavy atom. The Bertz CT molecular complexity index is 1180. The van der Waals surface area contributed by atoms with Crippen molar-refractivity contribution < 1.29 is 9.47 Å². The maximum Gasteiger partial charge on any atom is 0.251 e. The Kier molecular flexibility index (Phi) is 6.99. The zero-order valence-electron chi connectivity index (χ0n) is 19.2. The maximum absolute atomic E-state index is 6.04. The Morgan fingerprint density at radius 1 is 1.27 bits per heavy atom. The third-order valence-corrected chi connectivity index (χ3v) is 5.56. The van der Waals surface area contributed by atoms with Crippen LogP contribution in [-0.2, 0) is 31.0 Å². The number of para-hydroxylation sites is 1. The second-order valence-electron chi connectivity index (χ2n) is 7.74. The van der Waals surface area contributed by atoms with Crippen LogP contribution in [-0.4, -0.2) is 53.0 Å². The number of aromatic nitrogens is 4. The van der Waals surface area contributed by atoms with Gasteiger partial charge in [-0.05, 0) is 30.5 Å². The number of nitrogens with two attached hydrogens (primary N) is 1. The van der Waals surface area contributed by atoms with Gasteiger partial charge in [0.1, 0.15) is 11.6 Å². The highest BCUT2D eigenvalue weighted by atomic mass is 16.5. The fourth-order valence-electron chi connectivity index (χ4n) is 3.95. The highest BCUT2D eigenvalue weighted by Gasteiger charge is 2.26. The second-order valence-corrected chi connectivity index (χ2v) is 7.74. The summed E-state index contributed by atoms with van der Waals surface area (Å²) in [5, 5.41) is 7.86. The minimum absolute atomic E-state index is 0.316. The lowest BCUT2D eigenvalue weighted by molar-refractivity contribution is 0.203. The molecule has 0 spiro atoms. The van der Waals surface area contributed by atoms with Crippen LogP contribution in [0.25, 0.3) is 11.3 Å². The van der Waals surface area contributed by atoms with Crippen molar-refractivity contribution in [1.29, 1.82) is 0 Å². The van der Waals surface area contributed by atoms with E-state index in [1.165, 1.54) is 0 Å². The number of benzene rings is 1. The van der Waals surface area contributed by atoms with Crippen molar-refractivity contribution in [3.8, 4) is 17.0 Å². The van der Waals surface area contributed by atoms with Crippen molar-refractivity contribution in [2.24, 2.45) is 17.8 Å². The van der Waals surface area contributed by atoms with E-state index in [0.717, 1.165) is 52.4 Å². The van der Waals surface area contributed by atoms with E-state index < -0.39 is 0 Å². The van der Waals surface area contributed by atoms with Gasteiger partial charge in [0.25, 0.3) is 5.95 Å². The normalized spacial score (nSPS) is 13.1. The van der Waals surface area contributed by atoms with Crippen LogP contribution in [0.1, 0.15) is 22.5 Å². The molecule has 0 atom stereocenters. The molecule has 2 aromatic heterocycles. The van der Waals surface area contributed by atoms with Gasteiger partial charge in [-0.1, -0.05) is 18.2 Å². The van der Waals surface area contributed by atoms with E-state index in [0.29, 0.717) is 31.4 Å². The average Bonchev–Trinajstić information content (AvgIpc) is 3.14. The first-order valence-electron chi connectivity index (χ1n) is 10.9. The zero-order valence-corrected chi connectivity index (χ0v) is 19.2. The van der Waals surface area contributed by atoms with E-state index in [1.54, 1.807) is 26.5 Å². The first kappa shape index (κ1) is 22.5. The van der Waals surface area contributed by atoms with Crippen LogP contribution in [0.15, 0.2) is 47.7 Å². The lowest BCUT2D eigenvalue weighted by Crippen LogP contribution is -2.15. The van der Waals surface area contributed by atoms with Gasteiger partial charge in [-0.25, -0.2) is 9.97 Å². The summed E-state index contributed by atoms with van der Waals surface area (Å²) in [6.07, 6.45) is 7.64. The number of amidine groups is 1. The molecule has 0 saturated heterocycles. The number of nitrogens with zero attached hydrogens (tertiary/aromatic N) is 5. The van der Waals surface area contributed by atoms with E-state index in [-0.39, 0.29) is 0 Å². The number of aryl methyl sites for hydroxylation is 3. The van der Waals surface area contributed by atoms with Crippen LogP contribution >= 0.6 is 0 Å². The standard InChI is InChI=1S/C24H29N7O2/c1-31-19(14-16-6-4-5-7-20(16)33-3)22-18(30-31)9-8-17-15-27-24(29-23(17)22)28-21(25)10-11-26-12-13-32-2/h4-7,10-11,15,26H,8-9,12-14H2,1-3H3,(H2,25,27,28,29)/b11-10-. The molecule has 0 radical (unpaired) electrons. The Labute approximate surface area is 193 Å². The lowest BCUT2D eigenvalue weighted by Gasteiger charge is -2.16. The number of hydrogen-bond acceptors (Lipinski definition) is 7. The van der Waals surface area contributed by atoms with Gasteiger partial charge in [-0.3, -0.25) is 4.68 Å². The summed E-state index contributed by atoms with van der Waals surface area (Å²) < 4.78 is 12.5. The van der Waals surface area contributed by atoms with Gasteiger partial charge in [0.2, 0.25) is 0 Å². The van der Waals surface area contributed by atoms with Crippen molar-refractivity contribution in [3.63, 3.8) is 0 Å². The summed E-state index contributed by atoms with van der Waals surface area (Å²) in [6, 6.07) is 8.04. The molecule has 3 N–H and O–H groups in total. The summed E-state index contributed by atoms with van der Waals surface area (Å²) in [5.41, 5.74) is 12.3. The average molecular weight is 448 g/mol. The van der Waals surface area contributed by atoms with Gasteiger partial charge in [-0.15, -0.1) is 0 Å². The molecule has 33 heavy (non-hydrogen) atoms. The van der Waals surface area contributed by atoms with E-state index in [1.807, 2.05) is 36.1 Å². The fourth-order valence-corrected chi connectivity index (χ4v) is 3.95. The van der Waals surface area contributed by atoms with Crippen LogP contribution in [0.4, 0.5) is 5.95 Å². The molecule has 9 nitrogen and oxygen atoms in total. The Balaban J connectivity index is 1.65. The largest absolute Gasteiger partial charge is 0.496 e. The summed E-state index contributed by atoms with van der Waals surface area (Å²) in [7, 11) is 5.32. The summed E-state index contributed by atoms with van der Waals surface area (Å²) in [5.74, 6) is 1.50. The maximum atomic E-state index is 6.04. The molecule has 172 valence electrons. The monoisotopic (exact) mass is 447 g/mol. The predicted octanol–water partition coefficient (Wildman–Crippen LogP) is 2.31. The Hall–Kier alpha value is -3.72. The molecular weight excluding hydrogens is 418 g/mol. The number of methoxy groups -OCH3 is 2. The molecule has 0 fully saturated rings. The molecule has 1 aliphatic carbocycles. The van der Waals surface area contributed by atoms with Crippen molar-refractivity contribution in [1.82, 2.24) is 25.1 Å². The van der Waals surface area contributed by atoms with Crippen LogP contribution in [0.2, 0.25) is 0 Å². The molecule has 0 bridgehead atoms. The molecule has 2 heterocycles. The summed E-state index contributed by atoms with van der Waals surface area (Å²) in [6.45, 7) is 1.30. The molecule has 0 amide bonds. The minimum atomic E-state index is 0.316. The molecule has 0 saturated carbocycles. The van der Waals surface area contributed by atoms with E-state index in [4.69, 9.17) is 25.3 Å². The quantitative estimate of drug-likeness (QED) is 0.294.